The molecule has 0 atom stereocenters. The van der Waals surface area contributed by atoms with Crippen LogP contribution in [-0.2, 0) is 4.79 Å². The summed E-state index contributed by atoms with van der Waals surface area (Å²) >= 11 is 0. The Hall–Kier alpha value is -3.08. The van der Waals surface area contributed by atoms with Crippen molar-refractivity contribution in [3.05, 3.63) is 108 Å². The van der Waals surface area contributed by atoms with Crippen molar-refractivity contribution >= 4 is 24.4 Å². The molecule has 0 spiro atoms. The number of piperazine rings is 1. The number of rotatable bonds is 6. The quantitative estimate of drug-likeness (QED) is 0.494. The number of carbonyl (C=O) groups excluding carboxylic acids is 1. The minimum Gasteiger partial charge on any atom is -0.497 e. The van der Waals surface area contributed by atoms with E-state index in [2.05, 4.69) is 65.6 Å². The molecule has 4 rings (SSSR count). The van der Waals surface area contributed by atoms with Crippen LogP contribution in [0.4, 0.5) is 0 Å². The predicted molar refractivity (Wildman–Crippen MR) is 132 cm³/mol. The highest BCUT2D eigenvalue weighted by Gasteiger charge is 2.27. The van der Waals surface area contributed by atoms with Gasteiger partial charge in [-0.25, -0.2) is 0 Å². The zero-order chi connectivity index (χ0) is 21.5. The zero-order valence-electron chi connectivity index (χ0n) is 18.3. The molecule has 0 aromatic heterocycles. The standard InChI is InChI=1S/C27H28N2O2.ClH/c1-31-25-15-12-22(13-16-25)14-17-26(30)28-18-20-29(21-19-28)27(23-8-4-2-5-9-23)24-10-6-3-7-11-24;/h2-17,27H,18-21H2,1H3;1H/b17-14+;. The number of carbonyl (C=O) groups is 1. The maximum Gasteiger partial charge on any atom is 0.246 e. The van der Waals surface area contributed by atoms with Gasteiger partial charge in [-0.2, -0.15) is 0 Å². The molecule has 3 aromatic carbocycles. The Bertz CT molecular complexity index is 959. The molecule has 1 aliphatic rings. The predicted octanol–water partition coefficient (Wildman–Crippen LogP) is 5.06. The van der Waals surface area contributed by atoms with Crippen LogP contribution in [0.25, 0.3) is 6.08 Å². The van der Waals surface area contributed by atoms with Crippen LogP contribution in [0, 0.1) is 0 Å². The van der Waals surface area contributed by atoms with Crippen LogP contribution in [-0.4, -0.2) is 49.0 Å². The highest BCUT2D eigenvalue weighted by molar-refractivity contribution is 5.91. The number of benzene rings is 3. The first-order valence-electron chi connectivity index (χ1n) is 10.7. The van der Waals surface area contributed by atoms with E-state index < -0.39 is 0 Å². The number of methoxy groups -OCH3 is 1. The van der Waals surface area contributed by atoms with Crippen molar-refractivity contribution in [3.63, 3.8) is 0 Å². The molecule has 3 aromatic rings. The van der Waals surface area contributed by atoms with E-state index in [0.29, 0.717) is 0 Å². The summed E-state index contributed by atoms with van der Waals surface area (Å²) in [5.74, 6) is 0.873. The van der Waals surface area contributed by atoms with Gasteiger partial charge in [-0.1, -0.05) is 72.8 Å². The lowest BCUT2D eigenvalue weighted by molar-refractivity contribution is -0.127. The number of nitrogens with zero attached hydrogens (tertiary/aromatic N) is 2. The summed E-state index contributed by atoms with van der Waals surface area (Å²) in [6.07, 6.45) is 3.54. The summed E-state index contributed by atoms with van der Waals surface area (Å²) in [6, 6.07) is 29.1. The van der Waals surface area contributed by atoms with Crippen LogP contribution < -0.4 is 4.74 Å². The summed E-state index contributed by atoms with van der Waals surface area (Å²) in [6.45, 7) is 3.14. The number of ether oxygens (including phenoxy) is 1. The lowest BCUT2D eigenvalue weighted by Crippen LogP contribution is -2.49. The van der Waals surface area contributed by atoms with E-state index in [9.17, 15) is 4.79 Å². The topological polar surface area (TPSA) is 32.8 Å². The van der Waals surface area contributed by atoms with Crippen LogP contribution in [0.1, 0.15) is 22.7 Å². The van der Waals surface area contributed by atoms with Gasteiger partial charge in [0.05, 0.1) is 13.2 Å². The Kier molecular flexibility index (Phi) is 8.48. The largest absolute Gasteiger partial charge is 0.497 e. The van der Waals surface area contributed by atoms with Gasteiger partial charge in [0.2, 0.25) is 5.91 Å². The molecule has 1 fully saturated rings. The van der Waals surface area contributed by atoms with Crippen molar-refractivity contribution < 1.29 is 9.53 Å². The molecule has 0 aliphatic carbocycles. The highest BCUT2D eigenvalue weighted by Crippen LogP contribution is 2.29. The Balaban J connectivity index is 0.00000289. The maximum absolute atomic E-state index is 12.7. The molecule has 1 aliphatic heterocycles. The average molecular weight is 449 g/mol. The highest BCUT2D eigenvalue weighted by atomic mass is 35.5. The molecule has 0 unspecified atom stereocenters. The van der Waals surface area contributed by atoms with Gasteiger partial charge in [0.1, 0.15) is 5.75 Å². The molecular formula is C27H29ClN2O2. The molecule has 32 heavy (non-hydrogen) atoms. The second-order valence-electron chi connectivity index (χ2n) is 7.69. The zero-order valence-corrected chi connectivity index (χ0v) is 19.1. The minimum absolute atomic E-state index is 0. The van der Waals surface area contributed by atoms with Gasteiger partial charge >= 0.3 is 0 Å². The van der Waals surface area contributed by atoms with E-state index in [0.717, 1.165) is 37.5 Å². The van der Waals surface area contributed by atoms with Crippen molar-refractivity contribution in [1.82, 2.24) is 9.80 Å². The normalized spacial score (nSPS) is 14.4. The fraction of sp³-hybridized carbons (Fsp3) is 0.222. The lowest BCUT2D eigenvalue weighted by atomic mass is 9.96. The summed E-state index contributed by atoms with van der Waals surface area (Å²) < 4.78 is 5.18. The Morgan fingerprint density at radius 3 is 1.84 bits per heavy atom. The van der Waals surface area contributed by atoms with E-state index in [4.69, 9.17) is 4.74 Å². The molecule has 1 heterocycles. The van der Waals surface area contributed by atoms with Crippen LogP contribution in [0.3, 0.4) is 0 Å². The molecule has 0 N–H and O–H groups in total. The molecule has 0 radical (unpaired) electrons. The molecule has 5 heteroatoms. The third-order valence-electron chi connectivity index (χ3n) is 5.76. The van der Waals surface area contributed by atoms with E-state index >= 15 is 0 Å². The molecule has 1 saturated heterocycles. The SMILES string of the molecule is COc1ccc(/C=C/C(=O)N2CCN(C(c3ccccc3)c3ccccc3)CC2)cc1.Cl. The van der Waals surface area contributed by atoms with Crippen molar-refractivity contribution in [3.8, 4) is 5.75 Å². The van der Waals surface area contributed by atoms with E-state index in [1.165, 1.54) is 11.1 Å². The van der Waals surface area contributed by atoms with Gasteiger partial charge in [0.15, 0.2) is 0 Å². The van der Waals surface area contributed by atoms with Crippen LogP contribution in [0.2, 0.25) is 0 Å². The maximum atomic E-state index is 12.7. The smallest absolute Gasteiger partial charge is 0.246 e. The van der Waals surface area contributed by atoms with Gasteiger partial charge in [0, 0.05) is 32.3 Å². The monoisotopic (exact) mass is 448 g/mol. The summed E-state index contributed by atoms with van der Waals surface area (Å²) in [7, 11) is 1.65. The third kappa shape index (κ3) is 5.78. The van der Waals surface area contributed by atoms with E-state index in [-0.39, 0.29) is 24.4 Å². The van der Waals surface area contributed by atoms with E-state index in [1.807, 2.05) is 35.2 Å². The second kappa shape index (κ2) is 11.5. The lowest BCUT2D eigenvalue weighted by Gasteiger charge is -2.39. The molecule has 4 nitrogen and oxygen atoms in total. The van der Waals surface area contributed by atoms with E-state index in [1.54, 1.807) is 13.2 Å². The molecule has 166 valence electrons. The van der Waals surface area contributed by atoms with Crippen LogP contribution in [0.5, 0.6) is 5.75 Å². The Morgan fingerprint density at radius 2 is 1.34 bits per heavy atom. The number of hydrogen-bond acceptors (Lipinski definition) is 3. The van der Waals surface area contributed by atoms with Gasteiger partial charge in [-0.05, 0) is 34.9 Å². The summed E-state index contributed by atoms with van der Waals surface area (Å²) in [4.78, 5) is 17.1. The van der Waals surface area contributed by atoms with Crippen molar-refractivity contribution in [2.45, 2.75) is 6.04 Å². The fourth-order valence-electron chi connectivity index (χ4n) is 4.07. The summed E-state index contributed by atoms with van der Waals surface area (Å²) in [5, 5.41) is 0. The van der Waals surface area contributed by atoms with Gasteiger partial charge < -0.3 is 9.64 Å². The third-order valence-corrected chi connectivity index (χ3v) is 5.76. The first-order valence-corrected chi connectivity index (χ1v) is 10.7. The average Bonchev–Trinajstić information content (AvgIpc) is 2.85. The van der Waals surface area contributed by atoms with Gasteiger partial charge in [0.25, 0.3) is 0 Å². The van der Waals surface area contributed by atoms with Gasteiger partial charge in [-0.3, -0.25) is 9.69 Å². The molecular weight excluding hydrogens is 420 g/mol. The van der Waals surface area contributed by atoms with Crippen LogP contribution in [0.15, 0.2) is 91.0 Å². The fourth-order valence-corrected chi connectivity index (χ4v) is 4.07. The van der Waals surface area contributed by atoms with Crippen molar-refractivity contribution in [2.75, 3.05) is 33.3 Å². The number of amides is 1. The summed E-state index contributed by atoms with van der Waals surface area (Å²) in [5.41, 5.74) is 3.56. The molecule has 1 amide bonds. The minimum atomic E-state index is 0. The van der Waals surface area contributed by atoms with Crippen LogP contribution >= 0.6 is 12.4 Å². The number of halogens is 1. The van der Waals surface area contributed by atoms with Crippen molar-refractivity contribution in [2.24, 2.45) is 0 Å². The molecule has 0 saturated carbocycles. The van der Waals surface area contributed by atoms with Crippen molar-refractivity contribution in [1.29, 1.82) is 0 Å². The Labute approximate surface area is 196 Å². The number of hydrogen-bond donors (Lipinski definition) is 0. The molecule has 0 bridgehead atoms. The second-order valence-corrected chi connectivity index (χ2v) is 7.69. The van der Waals surface area contributed by atoms with Gasteiger partial charge in [-0.15, -0.1) is 12.4 Å². The Morgan fingerprint density at radius 1 is 0.812 bits per heavy atom. The first-order chi connectivity index (χ1) is 15.2. The first kappa shape index (κ1) is 23.6.